The van der Waals surface area contributed by atoms with Gasteiger partial charge in [-0.2, -0.15) is 10.2 Å². The number of methoxy groups -OCH3 is 1. The first-order valence-electron chi connectivity index (χ1n) is 8.61. The fourth-order valence-electron chi connectivity index (χ4n) is 2.73. The fraction of sp³-hybridized carbons (Fsp3) is 0.0500. The number of fused-ring (bicyclic) bond motifs is 1. The number of nitrogens with zero attached hydrogens (tertiary/aromatic N) is 5. The first-order valence-corrected chi connectivity index (χ1v) is 8.61. The smallest absolute Gasteiger partial charge is 0.335 e. The van der Waals surface area contributed by atoms with Crippen molar-refractivity contribution in [3.8, 4) is 11.4 Å². The summed E-state index contributed by atoms with van der Waals surface area (Å²) in [6, 6.07) is 13.9. The third kappa shape index (κ3) is 3.74. The van der Waals surface area contributed by atoms with Crippen LogP contribution in [0.3, 0.4) is 0 Å². The highest BCUT2D eigenvalue weighted by Gasteiger charge is 2.11. The lowest BCUT2D eigenvalue weighted by Gasteiger charge is -2.05. The number of aromatic nitrogens is 4. The molecule has 0 amide bonds. The number of carboxylic acid groups (broad SMARTS) is 1. The van der Waals surface area contributed by atoms with Crippen LogP contribution in [0.25, 0.3) is 16.7 Å². The number of hydrogen-bond acceptors (Lipinski definition) is 7. The molecule has 9 nitrogen and oxygen atoms in total. The van der Waals surface area contributed by atoms with Gasteiger partial charge in [0.05, 0.1) is 36.2 Å². The number of carboxylic acids is 1. The molecule has 2 heterocycles. The van der Waals surface area contributed by atoms with Crippen molar-refractivity contribution in [2.45, 2.75) is 0 Å². The van der Waals surface area contributed by atoms with Crippen LogP contribution < -0.4 is 10.2 Å². The van der Waals surface area contributed by atoms with Crippen molar-refractivity contribution >= 4 is 29.0 Å². The third-order valence-electron chi connectivity index (χ3n) is 4.22. The molecule has 2 aromatic carbocycles. The summed E-state index contributed by atoms with van der Waals surface area (Å²) in [7, 11) is 1.62. The van der Waals surface area contributed by atoms with Crippen molar-refractivity contribution in [1.29, 1.82) is 0 Å². The molecule has 9 heteroatoms. The Morgan fingerprint density at radius 3 is 2.59 bits per heavy atom. The fourth-order valence-corrected chi connectivity index (χ4v) is 2.73. The van der Waals surface area contributed by atoms with Gasteiger partial charge in [-0.15, -0.1) is 0 Å². The van der Waals surface area contributed by atoms with E-state index in [4.69, 9.17) is 9.84 Å². The van der Waals surface area contributed by atoms with Gasteiger partial charge in [-0.3, -0.25) is 5.43 Å². The number of benzene rings is 2. The van der Waals surface area contributed by atoms with E-state index >= 15 is 0 Å². The Balaban J connectivity index is 1.56. The quantitative estimate of drug-likeness (QED) is 0.385. The molecule has 0 aliphatic rings. The van der Waals surface area contributed by atoms with Crippen LogP contribution in [0.15, 0.2) is 66.2 Å². The number of rotatable bonds is 6. The van der Waals surface area contributed by atoms with Crippen LogP contribution in [-0.2, 0) is 0 Å². The summed E-state index contributed by atoms with van der Waals surface area (Å²) < 4.78 is 6.89. The zero-order valence-electron chi connectivity index (χ0n) is 15.4. The molecule has 0 spiro atoms. The predicted molar refractivity (Wildman–Crippen MR) is 108 cm³/mol. The largest absolute Gasteiger partial charge is 0.497 e. The van der Waals surface area contributed by atoms with E-state index in [1.807, 2.05) is 24.3 Å². The maximum atomic E-state index is 10.9. The van der Waals surface area contributed by atoms with Gasteiger partial charge < -0.3 is 9.84 Å². The molecule has 0 aliphatic heterocycles. The van der Waals surface area contributed by atoms with Gasteiger partial charge in [-0.25, -0.2) is 19.4 Å². The molecule has 0 fully saturated rings. The van der Waals surface area contributed by atoms with Gasteiger partial charge in [-0.05, 0) is 42.0 Å². The average molecular weight is 388 g/mol. The first-order chi connectivity index (χ1) is 14.2. The molecule has 144 valence electrons. The summed E-state index contributed by atoms with van der Waals surface area (Å²) in [6.07, 6.45) is 4.68. The van der Waals surface area contributed by atoms with Gasteiger partial charge in [0.1, 0.15) is 12.1 Å². The molecule has 2 N–H and O–H groups in total. The predicted octanol–water partition coefficient (Wildman–Crippen LogP) is 2.97. The monoisotopic (exact) mass is 388 g/mol. The lowest BCUT2D eigenvalue weighted by Crippen LogP contribution is -2.00. The van der Waals surface area contributed by atoms with Gasteiger partial charge in [0.15, 0.2) is 11.5 Å². The minimum Gasteiger partial charge on any atom is -0.497 e. The summed E-state index contributed by atoms with van der Waals surface area (Å²) in [5.41, 5.74) is 5.33. The Kier molecular flexibility index (Phi) is 4.85. The van der Waals surface area contributed by atoms with E-state index in [0.29, 0.717) is 16.9 Å². The molecule has 0 atom stereocenters. The highest BCUT2D eigenvalue weighted by Crippen LogP contribution is 2.22. The number of anilines is 1. The standard InChI is InChI=1S/C20H16N6O3/c1-29-16-8-6-15(7-9-16)26-19-17(11-24-26)18(21-12-22-19)25-23-10-13-2-4-14(5-3-13)20(27)28/h2-12H,1H3,(H,27,28)(H,21,22,25)/b23-10+. The Labute approximate surface area is 165 Å². The Bertz CT molecular complexity index is 1180. The molecular weight excluding hydrogens is 372 g/mol. The van der Waals surface area contributed by atoms with E-state index < -0.39 is 5.97 Å². The number of aromatic carboxylic acids is 1. The maximum absolute atomic E-state index is 10.9. The maximum Gasteiger partial charge on any atom is 0.335 e. The Morgan fingerprint density at radius 1 is 1.14 bits per heavy atom. The van der Waals surface area contributed by atoms with E-state index in [-0.39, 0.29) is 5.56 Å². The SMILES string of the molecule is COc1ccc(-n2ncc3c(N/N=C/c4ccc(C(=O)O)cc4)ncnc32)cc1. The number of nitrogens with one attached hydrogen (secondary N) is 1. The van der Waals surface area contributed by atoms with Crippen LogP contribution in [-0.4, -0.2) is 44.1 Å². The number of hydrazone groups is 1. The second-order valence-corrected chi connectivity index (χ2v) is 6.01. The van der Waals surface area contributed by atoms with E-state index in [1.165, 1.54) is 18.5 Å². The number of ether oxygens (including phenoxy) is 1. The van der Waals surface area contributed by atoms with Crippen LogP contribution in [0.5, 0.6) is 5.75 Å². The van der Waals surface area contributed by atoms with Crippen LogP contribution in [0.1, 0.15) is 15.9 Å². The molecule has 4 aromatic rings. The molecule has 0 radical (unpaired) electrons. The Morgan fingerprint density at radius 2 is 1.90 bits per heavy atom. The van der Waals surface area contributed by atoms with Gasteiger partial charge in [0, 0.05) is 0 Å². The molecular formula is C20H16N6O3. The van der Waals surface area contributed by atoms with Crippen LogP contribution in [0, 0.1) is 0 Å². The van der Waals surface area contributed by atoms with Crippen LogP contribution in [0.4, 0.5) is 5.82 Å². The molecule has 0 unspecified atom stereocenters. The van der Waals surface area contributed by atoms with Crippen molar-refractivity contribution in [1.82, 2.24) is 19.7 Å². The molecule has 0 saturated heterocycles. The topological polar surface area (TPSA) is 115 Å². The summed E-state index contributed by atoms with van der Waals surface area (Å²) >= 11 is 0. The average Bonchev–Trinajstić information content (AvgIpc) is 3.19. The molecule has 4 rings (SSSR count). The second kappa shape index (κ2) is 7.77. The minimum absolute atomic E-state index is 0.221. The lowest BCUT2D eigenvalue weighted by molar-refractivity contribution is 0.0697. The van der Waals surface area contributed by atoms with Crippen LogP contribution in [0.2, 0.25) is 0 Å². The van der Waals surface area contributed by atoms with Crippen molar-refractivity contribution in [3.05, 3.63) is 72.2 Å². The van der Waals surface area contributed by atoms with Crippen molar-refractivity contribution in [2.75, 3.05) is 12.5 Å². The minimum atomic E-state index is -0.969. The number of carbonyl (C=O) groups is 1. The van der Waals surface area contributed by atoms with E-state index in [1.54, 1.807) is 36.3 Å². The molecule has 0 aliphatic carbocycles. The van der Waals surface area contributed by atoms with Gasteiger partial charge in [0.25, 0.3) is 0 Å². The van der Waals surface area contributed by atoms with Gasteiger partial charge in [0.2, 0.25) is 0 Å². The molecule has 0 saturated carbocycles. The molecule has 29 heavy (non-hydrogen) atoms. The summed E-state index contributed by atoms with van der Waals surface area (Å²) in [5, 5.41) is 18.2. The zero-order valence-corrected chi connectivity index (χ0v) is 15.4. The molecule has 0 bridgehead atoms. The van der Waals surface area contributed by atoms with E-state index in [0.717, 1.165) is 17.0 Å². The normalized spacial score (nSPS) is 11.1. The van der Waals surface area contributed by atoms with E-state index in [2.05, 4.69) is 25.6 Å². The Hall–Kier alpha value is -4.27. The molecule has 2 aromatic heterocycles. The first kappa shape index (κ1) is 18.1. The summed E-state index contributed by atoms with van der Waals surface area (Å²) in [6.45, 7) is 0. The van der Waals surface area contributed by atoms with Crippen molar-refractivity contribution in [3.63, 3.8) is 0 Å². The highest BCUT2D eigenvalue weighted by molar-refractivity contribution is 5.90. The van der Waals surface area contributed by atoms with Crippen molar-refractivity contribution < 1.29 is 14.6 Å². The third-order valence-corrected chi connectivity index (χ3v) is 4.22. The lowest BCUT2D eigenvalue weighted by atomic mass is 10.1. The summed E-state index contributed by atoms with van der Waals surface area (Å²) in [5.74, 6) is 0.296. The van der Waals surface area contributed by atoms with Crippen LogP contribution >= 0.6 is 0 Å². The second-order valence-electron chi connectivity index (χ2n) is 6.01. The highest BCUT2D eigenvalue weighted by atomic mass is 16.5. The van der Waals surface area contributed by atoms with E-state index in [9.17, 15) is 4.79 Å². The van der Waals surface area contributed by atoms with Gasteiger partial charge >= 0.3 is 5.97 Å². The van der Waals surface area contributed by atoms with Gasteiger partial charge in [-0.1, -0.05) is 12.1 Å². The number of hydrogen-bond donors (Lipinski definition) is 2. The zero-order chi connectivity index (χ0) is 20.2. The van der Waals surface area contributed by atoms with Crippen molar-refractivity contribution in [2.24, 2.45) is 5.10 Å². The summed E-state index contributed by atoms with van der Waals surface area (Å²) in [4.78, 5) is 19.4.